The van der Waals surface area contributed by atoms with E-state index in [0.717, 1.165) is 12.8 Å². The van der Waals surface area contributed by atoms with E-state index in [1.807, 2.05) is 0 Å². The molecule has 0 fully saturated rings. The van der Waals surface area contributed by atoms with E-state index >= 15 is 0 Å². The fourth-order valence-electron chi connectivity index (χ4n) is 2.03. The van der Waals surface area contributed by atoms with Crippen LogP contribution in [-0.4, -0.2) is 11.7 Å². The molecule has 0 heterocycles. The molecule has 1 aromatic carbocycles. The maximum atomic E-state index is 8.65. The topological polar surface area (TPSA) is 20.2 Å². The van der Waals surface area contributed by atoms with Crippen LogP contribution in [0.5, 0.6) is 0 Å². The van der Waals surface area contributed by atoms with E-state index in [1.165, 1.54) is 44.1 Å². The molecule has 0 aromatic heterocycles. The Balaban J connectivity index is 1.91. The summed E-state index contributed by atoms with van der Waals surface area (Å²) in [4.78, 5) is 0. The van der Waals surface area contributed by atoms with Crippen molar-refractivity contribution in [2.75, 3.05) is 6.61 Å². The third-order valence-electron chi connectivity index (χ3n) is 3.14. The van der Waals surface area contributed by atoms with Crippen molar-refractivity contribution in [1.82, 2.24) is 0 Å². The van der Waals surface area contributed by atoms with E-state index in [9.17, 15) is 0 Å². The molecule has 1 N–H and O–H groups in total. The number of hydrogen-bond acceptors (Lipinski definition) is 1. The van der Waals surface area contributed by atoms with Crippen LogP contribution in [-0.2, 0) is 6.42 Å². The summed E-state index contributed by atoms with van der Waals surface area (Å²) in [6.45, 7) is 0.349. The van der Waals surface area contributed by atoms with Crippen LogP contribution in [0.2, 0.25) is 0 Å². The molecule has 0 amide bonds. The first-order chi connectivity index (χ1) is 8.93. The van der Waals surface area contributed by atoms with Gasteiger partial charge < -0.3 is 5.11 Å². The molecular formula is C17H26O. The van der Waals surface area contributed by atoms with Gasteiger partial charge in [-0.3, -0.25) is 0 Å². The van der Waals surface area contributed by atoms with Gasteiger partial charge >= 0.3 is 0 Å². The Morgan fingerprint density at radius 2 is 1.44 bits per heavy atom. The van der Waals surface area contributed by atoms with Gasteiger partial charge in [-0.25, -0.2) is 0 Å². The molecular weight excluding hydrogens is 220 g/mol. The molecule has 0 bridgehead atoms. The fraction of sp³-hybridized carbons (Fsp3) is 0.529. The quantitative estimate of drug-likeness (QED) is 0.476. The highest BCUT2D eigenvalue weighted by molar-refractivity contribution is 5.17. The molecule has 1 heteroatoms. The Labute approximate surface area is 112 Å². The highest BCUT2D eigenvalue weighted by Crippen LogP contribution is 2.08. The Hall–Kier alpha value is -1.08. The summed E-state index contributed by atoms with van der Waals surface area (Å²) in [5, 5.41) is 8.65. The molecule has 1 nitrogen and oxygen atoms in total. The van der Waals surface area contributed by atoms with Gasteiger partial charge in [-0.15, -0.1) is 0 Å². The summed E-state index contributed by atoms with van der Waals surface area (Å²) < 4.78 is 0. The van der Waals surface area contributed by atoms with Crippen molar-refractivity contribution in [2.45, 2.75) is 51.4 Å². The van der Waals surface area contributed by atoms with E-state index < -0.39 is 0 Å². The van der Waals surface area contributed by atoms with Gasteiger partial charge in [-0.1, -0.05) is 68.2 Å². The molecule has 0 aliphatic heterocycles. The van der Waals surface area contributed by atoms with Crippen molar-refractivity contribution in [1.29, 1.82) is 0 Å². The van der Waals surface area contributed by atoms with Gasteiger partial charge in [-0.2, -0.15) is 0 Å². The van der Waals surface area contributed by atoms with E-state index in [1.54, 1.807) is 0 Å². The first-order valence-electron chi connectivity index (χ1n) is 7.23. The largest absolute Gasteiger partial charge is 0.396 e. The standard InChI is InChI=1S/C17H26O/c18-16-12-7-5-3-1-2-4-6-9-13-17-14-10-8-11-15-17/h6,8-11,14-15,18H,1-5,7,12-13,16H2/b9-6+. The minimum absolute atomic E-state index is 0.349. The normalized spacial score (nSPS) is 11.2. The smallest absolute Gasteiger partial charge is 0.0431 e. The Bertz CT molecular complexity index is 303. The van der Waals surface area contributed by atoms with Crippen LogP contribution in [0.15, 0.2) is 42.5 Å². The van der Waals surface area contributed by atoms with E-state index in [4.69, 9.17) is 5.11 Å². The minimum Gasteiger partial charge on any atom is -0.396 e. The molecule has 0 aliphatic rings. The minimum atomic E-state index is 0.349. The van der Waals surface area contributed by atoms with Crippen LogP contribution in [0.3, 0.4) is 0 Å². The van der Waals surface area contributed by atoms with Gasteiger partial charge in [0.15, 0.2) is 0 Å². The van der Waals surface area contributed by atoms with Crippen molar-refractivity contribution in [3.8, 4) is 0 Å². The lowest BCUT2D eigenvalue weighted by Gasteiger charge is -1.99. The van der Waals surface area contributed by atoms with Gasteiger partial charge in [0.25, 0.3) is 0 Å². The monoisotopic (exact) mass is 246 g/mol. The zero-order valence-corrected chi connectivity index (χ0v) is 11.4. The third kappa shape index (κ3) is 8.08. The lowest BCUT2D eigenvalue weighted by atomic mass is 10.1. The number of hydrogen-bond donors (Lipinski definition) is 1. The molecule has 0 aliphatic carbocycles. The molecule has 0 saturated carbocycles. The predicted octanol–water partition coefficient (Wildman–Crippen LogP) is 4.51. The van der Waals surface area contributed by atoms with E-state index in [2.05, 4.69) is 42.5 Å². The summed E-state index contributed by atoms with van der Waals surface area (Å²) in [6, 6.07) is 10.6. The summed E-state index contributed by atoms with van der Waals surface area (Å²) in [5.41, 5.74) is 1.39. The molecule has 100 valence electrons. The van der Waals surface area contributed by atoms with Crippen LogP contribution < -0.4 is 0 Å². The number of aliphatic hydroxyl groups is 1. The second-order valence-electron chi connectivity index (χ2n) is 4.79. The van der Waals surface area contributed by atoms with Gasteiger partial charge in [0.05, 0.1) is 0 Å². The van der Waals surface area contributed by atoms with Crippen LogP contribution in [0, 0.1) is 0 Å². The SMILES string of the molecule is OCCCCCCCC/C=C/Cc1ccccc1. The lowest BCUT2D eigenvalue weighted by molar-refractivity contribution is 0.282. The van der Waals surface area contributed by atoms with Gasteiger partial charge in [0.2, 0.25) is 0 Å². The van der Waals surface area contributed by atoms with Crippen molar-refractivity contribution in [3.63, 3.8) is 0 Å². The molecule has 18 heavy (non-hydrogen) atoms. The number of benzene rings is 1. The highest BCUT2D eigenvalue weighted by Gasteiger charge is 1.90. The summed E-state index contributed by atoms with van der Waals surface area (Å²) in [6.07, 6.45) is 14.2. The zero-order valence-electron chi connectivity index (χ0n) is 11.4. The molecule has 0 spiro atoms. The van der Waals surface area contributed by atoms with Crippen molar-refractivity contribution in [2.24, 2.45) is 0 Å². The number of aliphatic hydroxyl groups excluding tert-OH is 1. The van der Waals surface area contributed by atoms with Crippen molar-refractivity contribution in [3.05, 3.63) is 48.0 Å². The maximum absolute atomic E-state index is 8.65. The van der Waals surface area contributed by atoms with Crippen molar-refractivity contribution < 1.29 is 5.11 Å². The van der Waals surface area contributed by atoms with Crippen LogP contribution >= 0.6 is 0 Å². The van der Waals surface area contributed by atoms with Gasteiger partial charge in [0, 0.05) is 6.61 Å². The highest BCUT2D eigenvalue weighted by atomic mass is 16.2. The average Bonchev–Trinajstić information content (AvgIpc) is 2.42. The second-order valence-corrected chi connectivity index (χ2v) is 4.79. The molecule has 1 rings (SSSR count). The number of unbranched alkanes of at least 4 members (excludes halogenated alkanes) is 6. The summed E-state index contributed by atoms with van der Waals surface area (Å²) in [7, 11) is 0. The Morgan fingerprint density at radius 1 is 0.778 bits per heavy atom. The first-order valence-corrected chi connectivity index (χ1v) is 7.23. The van der Waals surface area contributed by atoms with Gasteiger partial charge in [0.1, 0.15) is 0 Å². The Kier molecular flexibility index (Phi) is 9.18. The molecule has 1 aromatic rings. The number of rotatable bonds is 10. The van der Waals surface area contributed by atoms with E-state index in [0.29, 0.717) is 6.61 Å². The molecule has 0 atom stereocenters. The lowest BCUT2D eigenvalue weighted by Crippen LogP contribution is -1.83. The maximum Gasteiger partial charge on any atom is 0.0431 e. The van der Waals surface area contributed by atoms with Gasteiger partial charge in [-0.05, 0) is 31.2 Å². The van der Waals surface area contributed by atoms with Crippen LogP contribution in [0.1, 0.15) is 50.5 Å². The van der Waals surface area contributed by atoms with Crippen LogP contribution in [0.25, 0.3) is 0 Å². The zero-order chi connectivity index (χ0) is 12.9. The molecule has 0 radical (unpaired) electrons. The van der Waals surface area contributed by atoms with E-state index in [-0.39, 0.29) is 0 Å². The summed E-state index contributed by atoms with van der Waals surface area (Å²) >= 11 is 0. The average molecular weight is 246 g/mol. The predicted molar refractivity (Wildman–Crippen MR) is 78.7 cm³/mol. The first kappa shape index (κ1) is 15.0. The Morgan fingerprint density at radius 3 is 2.17 bits per heavy atom. The fourth-order valence-corrected chi connectivity index (χ4v) is 2.03. The third-order valence-corrected chi connectivity index (χ3v) is 3.14. The van der Waals surface area contributed by atoms with Crippen LogP contribution in [0.4, 0.5) is 0 Å². The second kappa shape index (κ2) is 11.0. The summed E-state index contributed by atoms with van der Waals surface area (Å²) in [5.74, 6) is 0. The number of allylic oxidation sites excluding steroid dienone is 2. The van der Waals surface area contributed by atoms with Crippen molar-refractivity contribution >= 4 is 0 Å². The molecule has 0 saturated heterocycles. The molecule has 0 unspecified atom stereocenters.